The average molecular weight is 393 g/mol. The SMILES string of the molecule is CCCCCCCCN1C(=O)c2ccc(C(=O)OCc3ccccc3)cc2C1=O. The lowest BCUT2D eigenvalue weighted by molar-refractivity contribution is 0.0472. The van der Waals surface area contributed by atoms with E-state index in [4.69, 9.17) is 4.74 Å². The number of hydrogen-bond donors (Lipinski definition) is 0. The number of ether oxygens (including phenoxy) is 1. The van der Waals surface area contributed by atoms with E-state index in [-0.39, 0.29) is 29.5 Å². The number of nitrogens with zero attached hydrogens (tertiary/aromatic N) is 1. The van der Waals surface area contributed by atoms with E-state index in [2.05, 4.69) is 6.92 Å². The fourth-order valence-corrected chi connectivity index (χ4v) is 3.48. The smallest absolute Gasteiger partial charge is 0.338 e. The summed E-state index contributed by atoms with van der Waals surface area (Å²) < 4.78 is 5.33. The van der Waals surface area contributed by atoms with Crippen LogP contribution in [0, 0.1) is 0 Å². The van der Waals surface area contributed by atoms with Crippen molar-refractivity contribution in [3.8, 4) is 0 Å². The molecule has 0 atom stereocenters. The van der Waals surface area contributed by atoms with Gasteiger partial charge >= 0.3 is 5.97 Å². The van der Waals surface area contributed by atoms with Gasteiger partial charge in [-0.1, -0.05) is 69.4 Å². The lowest BCUT2D eigenvalue weighted by atomic mass is 10.1. The Morgan fingerprint density at radius 2 is 1.55 bits per heavy atom. The third kappa shape index (κ3) is 5.11. The third-order valence-electron chi connectivity index (χ3n) is 5.15. The van der Waals surface area contributed by atoms with Crippen LogP contribution in [0.4, 0.5) is 0 Å². The quantitative estimate of drug-likeness (QED) is 0.324. The molecule has 0 bridgehead atoms. The second-order valence-corrected chi connectivity index (χ2v) is 7.35. The Balaban J connectivity index is 1.59. The number of esters is 1. The lowest BCUT2D eigenvalue weighted by Crippen LogP contribution is -2.30. The predicted molar refractivity (Wildman–Crippen MR) is 111 cm³/mol. The number of rotatable bonds is 10. The molecule has 152 valence electrons. The Morgan fingerprint density at radius 1 is 0.862 bits per heavy atom. The van der Waals surface area contributed by atoms with Crippen molar-refractivity contribution in [1.29, 1.82) is 0 Å². The Morgan fingerprint density at radius 3 is 2.31 bits per heavy atom. The highest BCUT2D eigenvalue weighted by Crippen LogP contribution is 2.25. The number of hydrogen-bond acceptors (Lipinski definition) is 4. The number of carbonyl (C=O) groups is 3. The van der Waals surface area contributed by atoms with E-state index in [0.717, 1.165) is 24.8 Å². The van der Waals surface area contributed by atoms with Gasteiger partial charge in [0.05, 0.1) is 16.7 Å². The first-order valence-corrected chi connectivity index (χ1v) is 10.3. The molecule has 0 radical (unpaired) electrons. The van der Waals surface area contributed by atoms with E-state index < -0.39 is 5.97 Å². The van der Waals surface area contributed by atoms with Crippen molar-refractivity contribution in [2.24, 2.45) is 0 Å². The number of imide groups is 1. The fourth-order valence-electron chi connectivity index (χ4n) is 3.48. The predicted octanol–water partition coefficient (Wildman–Crippen LogP) is 5.00. The normalized spacial score (nSPS) is 12.9. The van der Waals surface area contributed by atoms with Crippen LogP contribution in [0.5, 0.6) is 0 Å². The minimum absolute atomic E-state index is 0.161. The average Bonchev–Trinajstić information content (AvgIpc) is 2.99. The summed E-state index contributed by atoms with van der Waals surface area (Å²) in [6.45, 7) is 2.75. The van der Waals surface area contributed by atoms with E-state index in [1.165, 1.54) is 30.2 Å². The van der Waals surface area contributed by atoms with Crippen LogP contribution in [-0.2, 0) is 11.3 Å². The molecule has 5 nitrogen and oxygen atoms in total. The molecule has 29 heavy (non-hydrogen) atoms. The molecular weight excluding hydrogens is 366 g/mol. The molecule has 0 N–H and O–H groups in total. The molecule has 1 aliphatic rings. The minimum atomic E-state index is -0.508. The number of benzene rings is 2. The van der Waals surface area contributed by atoms with Gasteiger partial charge in [-0.2, -0.15) is 0 Å². The van der Waals surface area contributed by atoms with E-state index in [1.54, 1.807) is 12.1 Å². The van der Waals surface area contributed by atoms with Gasteiger partial charge < -0.3 is 4.74 Å². The van der Waals surface area contributed by atoms with Crippen molar-refractivity contribution in [1.82, 2.24) is 4.90 Å². The zero-order chi connectivity index (χ0) is 20.6. The summed E-state index contributed by atoms with van der Waals surface area (Å²) in [5, 5.41) is 0. The second kappa shape index (κ2) is 10.0. The Bertz CT molecular complexity index is 876. The Kier molecular flexibility index (Phi) is 7.17. The first kappa shape index (κ1) is 20.8. The van der Waals surface area contributed by atoms with E-state index >= 15 is 0 Å². The van der Waals surface area contributed by atoms with Gasteiger partial charge in [-0.15, -0.1) is 0 Å². The monoisotopic (exact) mass is 393 g/mol. The van der Waals surface area contributed by atoms with Crippen molar-refractivity contribution in [3.05, 3.63) is 70.8 Å². The summed E-state index contributed by atoms with van der Waals surface area (Å²) >= 11 is 0. The zero-order valence-corrected chi connectivity index (χ0v) is 16.9. The standard InChI is InChI=1S/C24H27NO4/c1-2-3-4-5-6-10-15-25-22(26)20-14-13-19(16-21(20)23(25)27)24(28)29-17-18-11-8-7-9-12-18/h7-9,11-14,16H,2-6,10,15,17H2,1H3. The molecule has 3 rings (SSSR count). The van der Waals surface area contributed by atoms with Crippen molar-refractivity contribution in [2.45, 2.75) is 52.1 Å². The van der Waals surface area contributed by atoms with Crippen LogP contribution in [-0.4, -0.2) is 29.2 Å². The number of unbranched alkanes of at least 4 members (excludes halogenated alkanes) is 5. The molecule has 0 unspecified atom stereocenters. The summed E-state index contributed by atoms with van der Waals surface area (Å²) in [6, 6.07) is 14.0. The summed E-state index contributed by atoms with van der Waals surface area (Å²) in [5.74, 6) is -1.11. The molecule has 1 aliphatic heterocycles. The van der Waals surface area contributed by atoms with Crippen molar-refractivity contribution >= 4 is 17.8 Å². The van der Waals surface area contributed by atoms with Gasteiger partial charge in [0.2, 0.25) is 0 Å². The maximum Gasteiger partial charge on any atom is 0.338 e. The molecule has 0 fully saturated rings. The van der Waals surface area contributed by atoms with Crippen LogP contribution < -0.4 is 0 Å². The van der Waals surface area contributed by atoms with E-state index in [1.807, 2.05) is 30.3 Å². The third-order valence-corrected chi connectivity index (χ3v) is 5.15. The molecule has 0 saturated carbocycles. The molecule has 0 aliphatic carbocycles. The van der Waals surface area contributed by atoms with Crippen LogP contribution in [0.15, 0.2) is 48.5 Å². The molecule has 0 spiro atoms. The molecule has 2 aromatic rings. The van der Waals surface area contributed by atoms with Gasteiger partial charge in [0.25, 0.3) is 11.8 Å². The molecule has 2 aromatic carbocycles. The summed E-state index contributed by atoms with van der Waals surface area (Å²) in [6.07, 6.45) is 6.53. The highest BCUT2D eigenvalue weighted by molar-refractivity contribution is 6.21. The van der Waals surface area contributed by atoms with Gasteiger partial charge in [0, 0.05) is 6.54 Å². The topological polar surface area (TPSA) is 63.7 Å². The molecule has 0 aromatic heterocycles. The van der Waals surface area contributed by atoms with Crippen LogP contribution >= 0.6 is 0 Å². The maximum atomic E-state index is 12.7. The minimum Gasteiger partial charge on any atom is -0.457 e. The number of carbonyl (C=O) groups excluding carboxylic acids is 3. The lowest BCUT2D eigenvalue weighted by Gasteiger charge is -2.13. The Labute approximate surface area is 171 Å². The summed E-state index contributed by atoms with van der Waals surface area (Å²) in [7, 11) is 0. The Hall–Kier alpha value is -2.95. The highest BCUT2D eigenvalue weighted by Gasteiger charge is 2.35. The van der Waals surface area contributed by atoms with Crippen molar-refractivity contribution < 1.29 is 19.1 Å². The van der Waals surface area contributed by atoms with Crippen LogP contribution in [0.2, 0.25) is 0 Å². The van der Waals surface area contributed by atoms with Crippen LogP contribution in [0.1, 0.15) is 82.1 Å². The fraction of sp³-hybridized carbons (Fsp3) is 0.375. The van der Waals surface area contributed by atoms with E-state index in [0.29, 0.717) is 12.1 Å². The van der Waals surface area contributed by atoms with Gasteiger partial charge in [0.15, 0.2) is 0 Å². The van der Waals surface area contributed by atoms with Crippen LogP contribution in [0.3, 0.4) is 0 Å². The molecular formula is C24H27NO4. The van der Waals surface area contributed by atoms with Gasteiger partial charge in [0.1, 0.15) is 6.61 Å². The molecule has 1 heterocycles. The summed E-state index contributed by atoms with van der Waals surface area (Å²) in [4.78, 5) is 38.9. The van der Waals surface area contributed by atoms with Gasteiger partial charge in [-0.3, -0.25) is 14.5 Å². The van der Waals surface area contributed by atoms with Crippen molar-refractivity contribution in [2.75, 3.05) is 6.54 Å². The number of amides is 2. The first-order chi connectivity index (χ1) is 14.1. The van der Waals surface area contributed by atoms with Gasteiger partial charge in [-0.25, -0.2) is 4.79 Å². The molecule has 0 saturated heterocycles. The van der Waals surface area contributed by atoms with Gasteiger partial charge in [-0.05, 0) is 30.2 Å². The van der Waals surface area contributed by atoms with Crippen LogP contribution in [0.25, 0.3) is 0 Å². The molecule has 2 amide bonds. The highest BCUT2D eigenvalue weighted by atomic mass is 16.5. The largest absolute Gasteiger partial charge is 0.457 e. The first-order valence-electron chi connectivity index (χ1n) is 10.3. The maximum absolute atomic E-state index is 12.7. The zero-order valence-electron chi connectivity index (χ0n) is 16.9. The molecule has 5 heteroatoms. The number of fused-ring (bicyclic) bond motifs is 1. The van der Waals surface area contributed by atoms with Crippen molar-refractivity contribution in [3.63, 3.8) is 0 Å². The summed E-state index contributed by atoms with van der Waals surface area (Å²) in [5.41, 5.74) is 1.82. The van der Waals surface area contributed by atoms with E-state index in [9.17, 15) is 14.4 Å². The second-order valence-electron chi connectivity index (χ2n) is 7.35.